The number of carboxylic acid groups (broad SMARTS) is 1. The summed E-state index contributed by atoms with van der Waals surface area (Å²) in [6.45, 7) is 0. The van der Waals surface area contributed by atoms with Crippen molar-refractivity contribution in [2.45, 2.75) is 31.6 Å². The third kappa shape index (κ3) is 1.56. The summed E-state index contributed by atoms with van der Waals surface area (Å²) >= 11 is 0. The molecule has 2 aromatic rings. The number of aromatic nitrogens is 4. The normalized spacial score (nSPS) is 16.7. The number of aromatic carboxylic acids is 1. The molecule has 1 aliphatic rings. The Bertz CT molecular complexity index is 572. The molecule has 17 heavy (non-hydrogen) atoms. The van der Waals surface area contributed by atoms with Crippen LogP contribution in [0.25, 0.3) is 5.65 Å². The summed E-state index contributed by atoms with van der Waals surface area (Å²) in [4.78, 5) is 15.3. The number of nitrogens with zero attached hydrogens (tertiary/aromatic N) is 4. The largest absolute Gasteiger partial charge is 0.478 e. The summed E-state index contributed by atoms with van der Waals surface area (Å²) in [7, 11) is 0. The van der Waals surface area contributed by atoms with Gasteiger partial charge in [0, 0.05) is 12.1 Å². The molecule has 0 spiro atoms. The molecule has 2 aromatic heterocycles. The maximum absolute atomic E-state index is 11.2. The van der Waals surface area contributed by atoms with Gasteiger partial charge in [-0.25, -0.2) is 9.78 Å². The van der Waals surface area contributed by atoms with Crippen LogP contribution in [0.3, 0.4) is 0 Å². The van der Waals surface area contributed by atoms with E-state index < -0.39 is 5.97 Å². The van der Waals surface area contributed by atoms with Gasteiger partial charge in [0.15, 0.2) is 5.65 Å². The average Bonchev–Trinajstić information content (AvgIpc) is 2.98. The van der Waals surface area contributed by atoms with Gasteiger partial charge >= 0.3 is 5.97 Å². The van der Waals surface area contributed by atoms with E-state index in [9.17, 15) is 9.90 Å². The molecule has 2 heterocycles. The van der Waals surface area contributed by atoms with Gasteiger partial charge in [-0.15, -0.1) is 5.10 Å². The van der Waals surface area contributed by atoms with E-state index in [-0.39, 0.29) is 11.5 Å². The highest BCUT2D eigenvalue weighted by molar-refractivity contribution is 5.89. The van der Waals surface area contributed by atoms with Crippen LogP contribution in [0.15, 0.2) is 12.4 Å². The third-order valence-corrected chi connectivity index (χ3v) is 3.33. The minimum Gasteiger partial charge on any atom is -0.478 e. The van der Waals surface area contributed by atoms with E-state index in [1.54, 1.807) is 10.7 Å². The van der Waals surface area contributed by atoms with Crippen molar-refractivity contribution < 1.29 is 9.90 Å². The first kappa shape index (κ1) is 10.2. The SMILES string of the molecule is O=C(O)c1cnc2cnnn2c1C1CCCC1. The molecule has 0 atom stereocenters. The second kappa shape index (κ2) is 3.80. The van der Waals surface area contributed by atoms with Gasteiger partial charge < -0.3 is 5.11 Å². The minimum atomic E-state index is -0.947. The topological polar surface area (TPSA) is 80.4 Å². The molecule has 1 fully saturated rings. The van der Waals surface area contributed by atoms with E-state index >= 15 is 0 Å². The van der Waals surface area contributed by atoms with Crippen LogP contribution in [0, 0.1) is 0 Å². The molecule has 0 amide bonds. The fraction of sp³-hybridized carbons (Fsp3) is 0.455. The quantitative estimate of drug-likeness (QED) is 0.848. The molecule has 0 unspecified atom stereocenters. The van der Waals surface area contributed by atoms with Crippen LogP contribution in [-0.4, -0.2) is 30.9 Å². The fourth-order valence-electron chi connectivity index (χ4n) is 2.56. The molecular formula is C11H12N4O2. The van der Waals surface area contributed by atoms with Crippen LogP contribution in [-0.2, 0) is 0 Å². The Hall–Kier alpha value is -1.98. The number of rotatable bonds is 2. The van der Waals surface area contributed by atoms with E-state index in [2.05, 4.69) is 15.3 Å². The van der Waals surface area contributed by atoms with Crippen molar-refractivity contribution in [3.05, 3.63) is 23.7 Å². The lowest BCUT2D eigenvalue weighted by molar-refractivity contribution is 0.0693. The monoisotopic (exact) mass is 232 g/mol. The van der Waals surface area contributed by atoms with Crippen LogP contribution in [0.4, 0.5) is 0 Å². The van der Waals surface area contributed by atoms with Gasteiger partial charge in [0.25, 0.3) is 0 Å². The number of hydrogen-bond donors (Lipinski definition) is 1. The molecule has 1 N–H and O–H groups in total. The first-order valence-electron chi connectivity index (χ1n) is 5.70. The van der Waals surface area contributed by atoms with Crippen LogP contribution < -0.4 is 0 Å². The highest BCUT2D eigenvalue weighted by atomic mass is 16.4. The van der Waals surface area contributed by atoms with Crippen LogP contribution in [0.2, 0.25) is 0 Å². The van der Waals surface area contributed by atoms with Gasteiger partial charge in [-0.2, -0.15) is 4.52 Å². The van der Waals surface area contributed by atoms with E-state index in [0.717, 1.165) is 31.4 Å². The first-order valence-corrected chi connectivity index (χ1v) is 5.70. The van der Waals surface area contributed by atoms with Gasteiger partial charge in [0.1, 0.15) is 0 Å². The van der Waals surface area contributed by atoms with Crippen LogP contribution in [0.5, 0.6) is 0 Å². The smallest absolute Gasteiger partial charge is 0.339 e. The molecule has 0 bridgehead atoms. The van der Waals surface area contributed by atoms with Gasteiger partial charge in [0.05, 0.1) is 17.5 Å². The van der Waals surface area contributed by atoms with Crippen molar-refractivity contribution in [1.29, 1.82) is 0 Å². The Balaban J connectivity index is 2.25. The van der Waals surface area contributed by atoms with Gasteiger partial charge in [-0.3, -0.25) is 0 Å². The highest BCUT2D eigenvalue weighted by Gasteiger charge is 2.26. The van der Waals surface area contributed by atoms with Crippen molar-refractivity contribution in [2.24, 2.45) is 0 Å². The molecule has 0 radical (unpaired) electrons. The van der Waals surface area contributed by atoms with Crippen molar-refractivity contribution in [3.8, 4) is 0 Å². The summed E-state index contributed by atoms with van der Waals surface area (Å²) in [6, 6.07) is 0. The highest BCUT2D eigenvalue weighted by Crippen LogP contribution is 2.35. The van der Waals surface area contributed by atoms with Crippen LogP contribution >= 0.6 is 0 Å². The number of fused-ring (bicyclic) bond motifs is 1. The lowest BCUT2D eigenvalue weighted by atomic mass is 9.99. The Kier molecular flexibility index (Phi) is 2.28. The summed E-state index contributed by atoms with van der Waals surface area (Å²) in [6.07, 6.45) is 7.27. The predicted molar refractivity (Wildman–Crippen MR) is 59.0 cm³/mol. The Morgan fingerprint density at radius 1 is 1.35 bits per heavy atom. The predicted octanol–water partition coefficient (Wildman–Crippen LogP) is 1.48. The van der Waals surface area contributed by atoms with Crippen molar-refractivity contribution in [1.82, 2.24) is 19.8 Å². The average molecular weight is 232 g/mol. The fourth-order valence-corrected chi connectivity index (χ4v) is 2.56. The molecule has 88 valence electrons. The molecule has 0 saturated heterocycles. The van der Waals surface area contributed by atoms with E-state index in [0.29, 0.717) is 5.65 Å². The Labute approximate surface area is 97.3 Å². The second-order valence-corrected chi connectivity index (χ2v) is 4.35. The minimum absolute atomic E-state index is 0.245. The number of carboxylic acids is 1. The van der Waals surface area contributed by atoms with Gasteiger partial charge in [-0.1, -0.05) is 18.1 Å². The molecule has 6 nitrogen and oxygen atoms in total. The first-order chi connectivity index (χ1) is 8.27. The summed E-state index contributed by atoms with van der Waals surface area (Å²) in [5.41, 5.74) is 1.60. The van der Waals surface area contributed by atoms with Crippen molar-refractivity contribution in [3.63, 3.8) is 0 Å². The molecule has 1 saturated carbocycles. The van der Waals surface area contributed by atoms with E-state index in [1.807, 2.05) is 0 Å². The number of carbonyl (C=O) groups is 1. The van der Waals surface area contributed by atoms with E-state index in [1.165, 1.54) is 6.20 Å². The zero-order valence-corrected chi connectivity index (χ0v) is 9.20. The van der Waals surface area contributed by atoms with Crippen LogP contribution in [0.1, 0.15) is 47.7 Å². The van der Waals surface area contributed by atoms with Gasteiger partial charge in [-0.05, 0) is 12.8 Å². The molecular weight excluding hydrogens is 220 g/mol. The number of hydrogen-bond acceptors (Lipinski definition) is 4. The molecule has 1 aliphatic carbocycles. The maximum Gasteiger partial charge on any atom is 0.339 e. The Morgan fingerprint density at radius 2 is 2.12 bits per heavy atom. The third-order valence-electron chi connectivity index (χ3n) is 3.33. The lowest BCUT2D eigenvalue weighted by Gasteiger charge is -2.13. The van der Waals surface area contributed by atoms with Gasteiger partial charge in [0.2, 0.25) is 0 Å². The molecule has 0 aromatic carbocycles. The van der Waals surface area contributed by atoms with Crippen molar-refractivity contribution in [2.75, 3.05) is 0 Å². The van der Waals surface area contributed by atoms with E-state index in [4.69, 9.17) is 0 Å². The maximum atomic E-state index is 11.2. The molecule has 3 rings (SSSR count). The summed E-state index contributed by atoms with van der Waals surface area (Å²) in [5, 5.41) is 17.0. The zero-order chi connectivity index (χ0) is 11.8. The Morgan fingerprint density at radius 3 is 2.82 bits per heavy atom. The van der Waals surface area contributed by atoms with Crippen molar-refractivity contribution >= 4 is 11.6 Å². The second-order valence-electron chi connectivity index (χ2n) is 4.35. The standard InChI is InChI=1S/C11H12N4O2/c16-11(17)8-5-12-9-6-13-14-15(9)10(8)7-3-1-2-4-7/h5-7H,1-4H2,(H,16,17). The molecule has 6 heteroatoms. The molecule has 0 aliphatic heterocycles. The summed E-state index contributed by atoms with van der Waals surface area (Å²) in [5.74, 6) is -0.690. The summed E-state index contributed by atoms with van der Waals surface area (Å²) < 4.78 is 1.57. The zero-order valence-electron chi connectivity index (χ0n) is 9.20. The lowest BCUT2D eigenvalue weighted by Crippen LogP contribution is -2.13.